The number of rotatable bonds is 4. The number of nitrogens with zero attached hydrogens (tertiary/aromatic N) is 1. The van der Waals surface area contributed by atoms with Crippen molar-refractivity contribution in [3.8, 4) is 0 Å². The molecule has 156 valence electrons. The Hall–Kier alpha value is -1.80. The fraction of sp³-hybridized carbons (Fsp3) is 0.579. The molecular weight excluding hydrogens is 395 g/mol. The minimum absolute atomic E-state index is 0. The molecule has 2 aliphatic rings. The van der Waals surface area contributed by atoms with E-state index in [1.807, 2.05) is 0 Å². The Labute approximate surface area is 168 Å². The number of carbonyl (C=O) groups excluding carboxylic acids is 2. The monoisotopic (exact) mass is 419 g/mol. The van der Waals surface area contributed by atoms with E-state index in [0.717, 1.165) is 39.3 Å². The van der Waals surface area contributed by atoms with Crippen molar-refractivity contribution in [3.63, 3.8) is 0 Å². The van der Waals surface area contributed by atoms with E-state index in [4.69, 9.17) is 0 Å². The van der Waals surface area contributed by atoms with Gasteiger partial charge in [-0.25, -0.2) is 0 Å². The summed E-state index contributed by atoms with van der Waals surface area (Å²) in [4.78, 5) is 24.9. The summed E-state index contributed by atoms with van der Waals surface area (Å²) in [5.41, 5.74) is 0.656. The second-order valence-corrected chi connectivity index (χ2v) is 7.54. The Morgan fingerprint density at radius 2 is 2.07 bits per heavy atom. The van der Waals surface area contributed by atoms with Crippen molar-refractivity contribution in [2.24, 2.45) is 11.3 Å². The van der Waals surface area contributed by atoms with E-state index < -0.39 is 17.5 Å². The van der Waals surface area contributed by atoms with Crippen LogP contribution in [0.2, 0.25) is 0 Å². The third-order valence-electron chi connectivity index (χ3n) is 5.68. The first-order chi connectivity index (χ1) is 12.7. The highest BCUT2D eigenvalue weighted by molar-refractivity contribution is 5.96. The van der Waals surface area contributed by atoms with Gasteiger partial charge in [0.1, 0.15) is 0 Å². The third-order valence-corrected chi connectivity index (χ3v) is 5.68. The zero-order chi connectivity index (χ0) is 19.7. The Balaban J connectivity index is 0.00000280. The SMILES string of the molecule is CN(Cc1cccc(NC(=O)[C@@]23CCCC[C@H]2CNC3)c1)C(=O)C(F)(F)F.Cl. The van der Waals surface area contributed by atoms with Crippen LogP contribution in [0.1, 0.15) is 31.2 Å². The van der Waals surface area contributed by atoms with Crippen LogP contribution in [-0.4, -0.2) is 43.0 Å². The number of hydrogen-bond acceptors (Lipinski definition) is 3. The first-order valence-corrected chi connectivity index (χ1v) is 9.16. The van der Waals surface area contributed by atoms with Crippen molar-refractivity contribution in [3.05, 3.63) is 29.8 Å². The van der Waals surface area contributed by atoms with Gasteiger partial charge in [-0.05, 0) is 43.0 Å². The summed E-state index contributed by atoms with van der Waals surface area (Å²) in [7, 11) is 1.11. The lowest BCUT2D eigenvalue weighted by molar-refractivity contribution is -0.184. The van der Waals surface area contributed by atoms with Crippen LogP contribution in [0.3, 0.4) is 0 Å². The normalized spacial score (nSPS) is 24.1. The van der Waals surface area contributed by atoms with E-state index >= 15 is 0 Å². The van der Waals surface area contributed by atoms with Crippen LogP contribution in [0.5, 0.6) is 0 Å². The largest absolute Gasteiger partial charge is 0.471 e. The average Bonchev–Trinajstić information content (AvgIpc) is 3.06. The molecule has 0 radical (unpaired) electrons. The molecule has 1 aliphatic carbocycles. The molecule has 0 aromatic heterocycles. The maximum atomic E-state index is 13.0. The van der Waals surface area contributed by atoms with E-state index in [1.54, 1.807) is 24.3 Å². The molecule has 0 bridgehead atoms. The number of benzene rings is 1. The summed E-state index contributed by atoms with van der Waals surface area (Å²) >= 11 is 0. The second kappa shape index (κ2) is 8.69. The molecule has 2 N–H and O–H groups in total. The van der Waals surface area contributed by atoms with Crippen LogP contribution in [0.4, 0.5) is 18.9 Å². The molecule has 2 amide bonds. The second-order valence-electron chi connectivity index (χ2n) is 7.54. The first kappa shape index (κ1) is 22.5. The molecule has 5 nitrogen and oxygen atoms in total. The molecule has 2 atom stereocenters. The van der Waals surface area contributed by atoms with Crippen LogP contribution < -0.4 is 10.6 Å². The number of anilines is 1. The Kier molecular flexibility index (Phi) is 6.98. The molecule has 9 heteroatoms. The van der Waals surface area contributed by atoms with E-state index in [1.165, 1.54) is 0 Å². The predicted octanol–water partition coefficient (Wildman–Crippen LogP) is 3.35. The maximum Gasteiger partial charge on any atom is 0.471 e. The lowest BCUT2D eigenvalue weighted by atomic mass is 9.67. The molecule has 3 rings (SSSR count). The number of fused-ring (bicyclic) bond motifs is 1. The molecule has 28 heavy (non-hydrogen) atoms. The van der Waals surface area contributed by atoms with Gasteiger partial charge >= 0.3 is 12.1 Å². The van der Waals surface area contributed by atoms with E-state index in [9.17, 15) is 22.8 Å². The van der Waals surface area contributed by atoms with Gasteiger partial charge in [0.15, 0.2) is 0 Å². The highest BCUT2D eigenvalue weighted by atomic mass is 35.5. The smallest absolute Gasteiger partial charge is 0.334 e. The third kappa shape index (κ3) is 4.60. The first-order valence-electron chi connectivity index (χ1n) is 9.16. The van der Waals surface area contributed by atoms with E-state index in [2.05, 4.69) is 10.6 Å². The number of amides is 2. The van der Waals surface area contributed by atoms with Gasteiger partial charge in [-0.1, -0.05) is 25.0 Å². The molecule has 1 aliphatic heterocycles. The van der Waals surface area contributed by atoms with Gasteiger partial charge in [0.05, 0.1) is 5.41 Å². The van der Waals surface area contributed by atoms with Gasteiger partial charge in [-0.3, -0.25) is 9.59 Å². The lowest BCUT2D eigenvalue weighted by Gasteiger charge is -2.37. The molecule has 0 spiro atoms. The van der Waals surface area contributed by atoms with E-state index in [-0.39, 0.29) is 24.9 Å². The lowest BCUT2D eigenvalue weighted by Crippen LogP contribution is -2.44. The topological polar surface area (TPSA) is 61.4 Å². The van der Waals surface area contributed by atoms with E-state index in [0.29, 0.717) is 28.6 Å². The van der Waals surface area contributed by atoms with Crippen LogP contribution in [0.25, 0.3) is 0 Å². The molecular formula is C19H25ClF3N3O2. The number of halogens is 4. The summed E-state index contributed by atoms with van der Waals surface area (Å²) in [6, 6.07) is 6.63. The molecule has 1 saturated carbocycles. The number of carbonyl (C=O) groups is 2. The average molecular weight is 420 g/mol. The van der Waals surface area contributed by atoms with Crippen molar-refractivity contribution in [2.75, 3.05) is 25.5 Å². The highest BCUT2D eigenvalue weighted by Crippen LogP contribution is 2.44. The van der Waals surface area contributed by atoms with Gasteiger partial charge in [0, 0.05) is 25.8 Å². The highest BCUT2D eigenvalue weighted by Gasteiger charge is 2.49. The molecule has 1 aromatic carbocycles. The Bertz CT molecular complexity index is 729. The van der Waals surface area contributed by atoms with Crippen molar-refractivity contribution in [2.45, 2.75) is 38.4 Å². The number of alkyl halides is 3. The molecule has 2 fully saturated rings. The van der Waals surface area contributed by atoms with Crippen molar-refractivity contribution < 1.29 is 22.8 Å². The predicted molar refractivity (Wildman–Crippen MR) is 102 cm³/mol. The van der Waals surface area contributed by atoms with Gasteiger partial charge < -0.3 is 15.5 Å². The summed E-state index contributed by atoms with van der Waals surface area (Å²) in [6.07, 6.45) is -0.860. The van der Waals surface area contributed by atoms with Gasteiger partial charge in [-0.2, -0.15) is 13.2 Å². The van der Waals surface area contributed by atoms with Crippen LogP contribution >= 0.6 is 12.4 Å². The zero-order valence-electron chi connectivity index (χ0n) is 15.6. The van der Waals surface area contributed by atoms with Crippen LogP contribution in [0.15, 0.2) is 24.3 Å². The van der Waals surface area contributed by atoms with Gasteiger partial charge in [0.2, 0.25) is 5.91 Å². The molecule has 0 unspecified atom stereocenters. The Morgan fingerprint density at radius 1 is 1.32 bits per heavy atom. The fourth-order valence-corrected chi connectivity index (χ4v) is 4.26. The van der Waals surface area contributed by atoms with Crippen LogP contribution in [0, 0.1) is 11.3 Å². The number of nitrogens with one attached hydrogen (secondary N) is 2. The summed E-state index contributed by atoms with van der Waals surface area (Å²) in [5, 5.41) is 6.27. The summed E-state index contributed by atoms with van der Waals surface area (Å²) in [6.45, 7) is 1.32. The Morgan fingerprint density at radius 3 is 2.79 bits per heavy atom. The van der Waals surface area contributed by atoms with Crippen molar-refractivity contribution in [1.82, 2.24) is 10.2 Å². The summed E-state index contributed by atoms with van der Waals surface area (Å²) in [5.74, 6) is -1.60. The van der Waals surface area contributed by atoms with Crippen molar-refractivity contribution >= 4 is 29.9 Å². The zero-order valence-corrected chi connectivity index (χ0v) is 16.5. The number of hydrogen-bond donors (Lipinski definition) is 2. The van der Waals surface area contributed by atoms with Gasteiger partial charge in [-0.15, -0.1) is 12.4 Å². The molecule has 1 aromatic rings. The summed E-state index contributed by atoms with van der Waals surface area (Å²) < 4.78 is 37.6. The molecule has 1 saturated heterocycles. The van der Waals surface area contributed by atoms with Gasteiger partial charge in [0.25, 0.3) is 0 Å². The maximum absolute atomic E-state index is 13.0. The van der Waals surface area contributed by atoms with Crippen molar-refractivity contribution in [1.29, 1.82) is 0 Å². The fourth-order valence-electron chi connectivity index (χ4n) is 4.26. The minimum Gasteiger partial charge on any atom is -0.334 e. The minimum atomic E-state index is -4.90. The molecule has 1 heterocycles. The quantitative estimate of drug-likeness (QED) is 0.786. The van der Waals surface area contributed by atoms with Crippen LogP contribution in [-0.2, 0) is 16.1 Å². The standard InChI is InChI=1S/C19H24F3N3O2.ClH/c1-25(17(27)19(20,21)22)11-13-5-4-7-15(9-13)24-16(26)18-8-3-2-6-14(18)10-23-12-18;/h4-5,7,9,14,23H,2-3,6,8,10-12H2,1H3,(H,24,26);1H/t14-,18+;/m0./s1.